The lowest BCUT2D eigenvalue weighted by molar-refractivity contribution is 0.504. The van der Waals surface area contributed by atoms with E-state index < -0.39 is 11.6 Å². The molecule has 7 heteroatoms. The van der Waals surface area contributed by atoms with Crippen LogP contribution in [0.4, 0.5) is 14.6 Å². The summed E-state index contributed by atoms with van der Waals surface area (Å²) in [7, 11) is 0. The number of benzene rings is 1. The number of hydrogen-bond acceptors (Lipinski definition) is 4. The minimum Gasteiger partial charge on any atom is -0.308 e. The molecule has 1 aromatic heterocycles. The number of nitrogens with zero attached hydrogens (tertiary/aromatic N) is 2. The van der Waals surface area contributed by atoms with Gasteiger partial charge in [-0.1, -0.05) is 13.8 Å². The van der Waals surface area contributed by atoms with Crippen molar-refractivity contribution in [3.05, 3.63) is 39.5 Å². The fourth-order valence-corrected chi connectivity index (χ4v) is 2.70. The standard InChI is InChI=1S/C14H15BrF2N4/c1-6(2)10-7(3)19-13(20-14(10)21-18)8-4-5-9(16)12(17)11(8)15/h4-6H,18H2,1-3H3,(H,19,20,21). The number of nitrogen functional groups attached to an aromatic ring is 1. The molecule has 0 radical (unpaired) electrons. The molecule has 0 spiro atoms. The third kappa shape index (κ3) is 2.89. The van der Waals surface area contributed by atoms with E-state index in [9.17, 15) is 8.78 Å². The molecule has 0 bridgehead atoms. The average Bonchev–Trinajstić information content (AvgIpc) is 2.43. The van der Waals surface area contributed by atoms with Gasteiger partial charge in [-0.25, -0.2) is 24.6 Å². The van der Waals surface area contributed by atoms with Crippen molar-refractivity contribution in [2.24, 2.45) is 5.84 Å². The molecule has 0 fully saturated rings. The minimum absolute atomic E-state index is 0.0119. The third-order valence-corrected chi connectivity index (χ3v) is 3.90. The van der Waals surface area contributed by atoms with Crippen molar-refractivity contribution >= 4 is 21.7 Å². The van der Waals surface area contributed by atoms with Crippen LogP contribution in [-0.4, -0.2) is 9.97 Å². The average molecular weight is 357 g/mol. The number of rotatable bonds is 3. The van der Waals surface area contributed by atoms with Crippen LogP contribution in [0.2, 0.25) is 0 Å². The monoisotopic (exact) mass is 356 g/mol. The van der Waals surface area contributed by atoms with Crippen LogP contribution in [-0.2, 0) is 0 Å². The lowest BCUT2D eigenvalue weighted by Crippen LogP contribution is -2.14. The van der Waals surface area contributed by atoms with E-state index in [0.29, 0.717) is 11.4 Å². The lowest BCUT2D eigenvalue weighted by atomic mass is 10.0. The molecule has 3 N–H and O–H groups in total. The van der Waals surface area contributed by atoms with Gasteiger partial charge in [0.15, 0.2) is 17.5 Å². The van der Waals surface area contributed by atoms with Crippen molar-refractivity contribution in [2.45, 2.75) is 26.7 Å². The SMILES string of the molecule is Cc1nc(-c2ccc(F)c(F)c2Br)nc(NN)c1C(C)C. The number of hydrazine groups is 1. The fraction of sp³-hybridized carbons (Fsp3) is 0.286. The first kappa shape index (κ1) is 15.8. The summed E-state index contributed by atoms with van der Waals surface area (Å²) in [5.74, 6) is 4.54. The van der Waals surface area contributed by atoms with Crippen LogP contribution in [0.5, 0.6) is 0 Å². The van der Waals surface area contributed by atoms with E-state index in [1.165, 1.54) is 6.07 Å². The van der Waals surface area contributed by atoms with E-state index in [1.54, 1.807) is 0 Å². The predicted molar refractivity (Wildman–Crippen MR) is 81.7 cm³/mol. The summed E-state index contributed by atoms with van der Waals surface area (Å²) < 4.78 is 26.8. The first-order valence-electron chi connectivity index (χ1n) is 6.35. The molecule has 1 heterocycles. The second-order valence-corrected chi connectivity index (χ2v) is 5.71. The van der Waals surface area contributed by atoms with E-state index >= 15 is 0 Å². The highest BCUT2D eigenvalue weighted by molar-refractivity contribution is 9.10. The number of nitrogens with two attached hydrogens (primary N) is 1. The molecule has 21 heavy (non-hydrogen) atoms. The van der Waals surface area contributed by atoms with Crippen LogP contribution >= 0.6 is 15.9 Å². The number of aryl methyl sites for hydroxylation is 1. The molecule has 0 aliphatic rings. The van der Waals surface area contributed by atoms with Crippen LogP contribution < -0.4 is 11.3 Å². The van der Waals surface area contributed by atoms with E-state index in [0.717, 1.165) is 17.3 Å². The predicted octanol–water partition coefficient (Wildman–Crippen LogP) is 3.90. The third-order valence-electron chi connectivity index (χ3n) is 3.13. The molecule has 1 aromatic carbocycles. The molecule has 0 saturated heterocycles. The summed E-state index contributed by atoms with van der Waals surface area (Å²) in [5, 5.41) is 0. The summed E-state index contributed by atoms with van der Waals surface area (Å²) in [6, 6.07) is 2.46. The number of hydrogen-bond donors (Lipinski definition) is 2. The molecule has 4 nitrogen and oxygen atoms in total. The van der Waals surface area contributed by atoms with Crippen molar-refractivity contribution in [3.63, 3.8) is 0 Å². The van der Waals surface area contributed by atoms with E-state index in [4.69, 9.17) is 5.84 Å². The second kappa shape index (κ2) is 6.03. The summed E-state index contributed by atoms with van der Waals surface area (Å²) in [5.41, 5.74) is 4.53. The van der Waals surface area contributed by atoms with Crippen molar-refractivity contribution in [1.29, 1.82) is 0 Å². The molecule has 2 rings (SSSR count). The smallest absolute Gasteiger partial charge is 0.173 e. The summed E-state index contributed by atoms with van der Waals surface area (Å²) in [6.45, 7) is 5.83. The van der Waals surface area contributed by atoms with Gasteiger partial charge in [0.05, 0.1) is 4.47 Å². The Morgan fingerprint density at radius 1 is 1.24 bits per heavy atom. The van der Waals surface area contributed by atoms with Gasteiger partial charge in [0.25, 0.3) is 0 Å². The van der Waals surface area contributed by atoms with Crippen LogP contribution in [0.15, 0.2) is 16.6 Å². The Labute approximate surface area is 129 Å². The molecule has 112 valence electrons. The van der Waals surface area contributed by atoms with Crippen LogP contribution in [0, 0.1) is 18.6 Å². The van der Waals surface area contributed by atoms with E-state index in [-0.39, 0.29) is 16.2 Å². The fourth-order valence-electron chi connectivity index (χ4n) is 2.20. The maximum Gasteiger partial charge on any atom is 0.173 e. The number of nitrogens with one attached hydrogen (secondary N) is 1. The van der Waals surface area contributed by atoms with Gasteiger partial charge in [0, 0.05) is 16.8 Å². The Morgan fingerprint density at radius 3 is 2.48 bits per heavy atom. The quantitative estimate of drug-likeness (QED) is 0.497. The maximum atomic E-state index is 13.6. The molecule has 2 aromatic rings. The van der Waals surface area contributed by atoms with Gasteiger partial charge in [-0.05, 0) is 40.9 Å². The molecule has 0 atom stereocenters. The topological polar surface area (TPSA) is 63.8 Å². The number of anilines is 1. The zero-order valence-electron chi connectivity index (χ0n) is 11.8. The highest BCUT2D eigenvalue weighted by Gasteiger charge is 2.18. The first-order chi connectivity index (χ1) is 9.86. The Bertz CT molecular complexity index is 689. The van der Waals surface area contributed by atoms with Gasteiger partial charge >= 0.3 is 0 Å². The Balaban J connectivity index is 2.66. The molecular formula is C14H15BrF2N4. The first-order valence-corrected chi connectivity index (χ1v) is 7.15. The van der Waals surface area contributed by atoms with E-state index in [2.05, 4.69) is 31.3 Å². The van der Waals surface area contributed by atoms with Gasteiger partial charge in [0.1, 0.15) is 5.82 Å². The van der Waals surface area contributed by atoms with Crippen molar-refractivity contribution in [2.75, 3.05) is 5.43 Å². The maximum absolute atomic E-state index is 13.6. The van der Waals surface area contributed by atoms with Gasteiger partial charge < -0.3 is 5.43 Å². The second-order valence-electron chi connectivity index (χ2n) is 4.92. The van der Waals surface area contributed by atoms with Gasteiger partial charge in [-0.15, -0.1) is 0 Å². The minimum atomic E-state index is -0.969. The van der Waals surface area contributed by atoms with Gasteiger partial charge in [-0.2, -0.15) is 0 Å². The zero-order valence-corrected chi connectivity index (χ0v) is 13.4. The largest absolute Gasteiger partial charge is 0.308 e. The molecular weight excluding hydrogens is 342 g/mol. The molecule has 0 saturated carbocycles. The summed E-state index contributed by atoms with van der Waals surface area (Å²) in [6.07, 6.45) is 0. The van der Waals surface area contributed by atoms with Gasteiger partial charge in [0.2, 0.25) is 0 Å². The van der Waals surface area contributed by atoms with Crippen LogP contribution in [0.3, 0.4) is 0 Å². The summed E-state index contributed by atoms with van der Waals surface area (Å²) >= 11 is 3.04. The number of halogens is 3. The van der Waals surface area contributed by atoms with Crippen LogP contribution in [0.25, 0.3) is 11.4 Å². The normalized spacial score (nSPS) is 11.0. The molecule has 0 amide bonds. The van der Waals surface area contributed by atoms with E-state index in [1.807, 2.05) is 20.8 Å². The highest BCUT2D eigenvalue weighted by atomic mass is 79.9. The highest BCUT2D eigenvalue weighted by Crippen LogP contribution is 2.32. The number of aromatic nitrogens is 2. The zero-order chi connectivity index (χ0) is 15.7. The molecule has 0 unspecified atom stereocenters. The van der Waals surface area contributed by atoms with Crippen molar-refractivity contribution in [3.8, 4) is 11.4 Å². The van der Waals surface area contributed by atoms with Crippen molar-refractivity contribution < 1.29 is 8.78 Å². The Morgan fingerprint density at radius 2 is 1.90 bits per heavy atom. The van der Waals surface area contributed by atoms with Gasteiger partial charge in [-0.3, -0.25) is 0 Å². The summed E-state index contributed by atoms with van der Waals surface area (Å²) in [4.78, 5) is 8.69. The van der Waals surface area contributed by atoms with Crippen LogP contribution in [0.1, 0.15) is 31.0 Å². The Kier molecular flexibility index (Phi) is 4.53. The van der Waals surface area contributed by atoms with Crippen molar-refractivity contribution in [1.82, 2.24) is 9.97 Å². The molecule has 0 aliphatic heterocycles. The molecule has 0 aliphatic carbocycles. The Hall–Kier alpha value is -1.60. The lowest BCUT2D eigenvalue weighted by Gasteiger charge is -2.16.